The Morgan fingerprint density at radius 3 is 2.86 bits per heavy atom. The molecule has 0 fully saturated rings. The van der Waals surface area contributed by atoms with Crippen LogP contribution in [-0.4, -0.2) is 18.0 Å². The largest absolute Gasteiger partial charge is 0.494 e. The van der Waals surface area contributed by atoms with Gasteiger partial charge in [-0.25, -0.2) is 9.37 Å². The summed E-state index contributed by atoms with van der Waals surface area (Å²) in [6.45, 7) is 1.97. The van der Waals surface area contributed by atoms with Crippen molar-refractivity contribution in [2.45, 2.75) is 6.92 Å². The SMILES string of the molecule is COc1ccc(C)c2sc(NC(=O)c3cccc(F)c3)nc12. The van der Waals surface area contributed by atoms with Crippen molar-refractivity contribution in [3.05, 3.63) is 53.3 Å². The molecule has 2 aromatic carbocycles. The molecule has 0 saturated carbocycles. The molecule has 1 heterocycles. The van der Waals surface area contributed by atoms with Crippen molar-refractivity contribution in [1.82, 2.24) is 4.98 Å². The number of ether oxygens (including phenoxy) is 1. The third-order valence-electron chi connectivity index (χ3n) is 3.23. The van der Waals surface area contributed by atoms with E-state index in [1.807, 2.05) is 19.1 Å². The maximum absolute atomic E-state index is 13.2. The average Bonchev–Trinajstić information content (AvgIpc) is 2.92. The van der Waals surface area contributed by atoms with Crippen molar-refractivity contribution in [2.75, 3.05) is 12.4 Å². The Morgan fingerprint density at radius 1 is 1.32 bits per heavy atom. The predicted molar refractivity (Wildman–Crippen MR) is 85.3 cm³/mol. The maximum atomic E-state index is 13.2. The average molecular weight is 316 g/mol. The second kappa shape index (κ2) is 5.73. The first-order valence-corrected chi connectivity index (χ1v) is 7.41. The number of amides is 1. The highest BCUT2D eigenvalue weighted by Gasteiger charge is 2.14. The first kappa shape index (κ1) is 14.5. The number of aromatic nitrogens is 1. The van der Waals surface area contributed by atoms with Crippen LogP contribution in [0.5, 0.6) is 5.75 Å². The second-order valence-corrected chi connectivity index (χ2v) is 5.75. The standard InChI is InChI=1S/C16H13FN2O2S/c1-9-6-7-12(21-2)13-14(9)22-16(18-13)19-15(20)10-4-3-5-11(17)8-10/h3-8H,1-2H3,(H,18,19,20). The van der Waals surface area contributed by atoms with Gasteiger partial charge in [0.25, 0.3) is 5.91 Å². The number of fused-ring (bicyclic) bond motifs is 1. The van der Waals surface area contributed by atoms with Crippen LogP contribution in [0.15, 0.2) is 36.4 Å². The Hall–Kier alpha value is -2.47. The molecule has 0 spiro atoms. The van der Waals surface area contributed by atoms with E-state index in [0.29, 0.717) is 16.4 Å². The quantitative estimate of drug-likeness (QED) is 0.794. The first-order valence-electron chi connectivity index (χ1n) is 6.59. The number of aryl methyl sites for hydroxylation is 1. The van der Waals surface area contributed by atoms with Crippen LogP contribution in [0.1, 0.15) is 15.9 Å². The molecule has 0 aliphatic heterocycles. The van der Waals surface area contributed by atoms with Crippen LogP contribution < -0.4 is 10.1 Å². The fourth-order valence-electron chi connectivity index (χ4n) is 2.13. The Balaban J connectivity index is 1.94. The van der Waals surface area contributed by atoms with Crippen molar-refractivity contribution >= 4 is 32.6 Å². The second-order valence-electron chi connectivity index (χ2n) is 4.75. The van der Waals surface area contributed by atoms with Crippen molar-refractivity contribution in [3.63, 3.8) is 0 Å². The molecule has 0 aliphatic rings. The van der Waals surface area contributed by atoms with Crippen LogP contribution in [0.2, 0.25) is 0 Å². The number of hydrogen-bond acceptors (Lipinski definition) is 4. The van der Waals surface area contributed by atoms with E-state index in [4.69, 9.17) is 4.74 Å². The predicted octanol–water partition coefficient (Wildman–Crippen LogP) is 4.00. The van der Waals surface area contributed by atoms with E-state index < -0.39 is 11.7 Å². The number of benzene rings is 2. The van der Waals surface area contributed by atoms with Gasteiger partial charge in [0.05, 0.1) is 11.8 Å². The third-order valence-corrected chi connectivity index (χ3v) is 4.34. The van der Waals surface area contributed by atoms with E-state index in [0.717, 1.165) is 10.3 Å². The molecule has 1 amide bonds. The summed E-state index contributed by atoms with van der Waals surface area (Å²) in [6, 6.07) is 9.32. The van der Waals surface area contributed by atoms with Crippen molar-refractivity contribution in [2.24, 2.45) is 0 Å². The number of nitrogens with zero attached hydrogens (tertiary/aromatic N) is 1. The monoisotopic (exact) mass is 316 g/mol. The molecule has 22 heavy (non-hydrogen) atoms. The summed E-state index contributed by atoms with van der Waals surface area (Å²) >= 11 is 1.36. The molecule has 0 atom stereocenters. The summed E-state index contributed by atoms with van der Waals surface area (Å²) in [7, 11) is 1.58. The number of halogens is 1. The van der Waals surface area contributed by atoms with Crippen LogP contribution >= 0.6 is 11.3 Å². The van der Waals surface area contributed by atoms with Gasteiger partial charge in [-0.15, -0.1) is 0 Å². The Bertz CT molecular complexity index is 860. The van der Waals surface area contributed by atoms with Gasteiger partial charge in [0, 0.05) is 5.56 Å². The minimum Gasteiger partial charge on any atom is -0.494 e. The molecule has 112 valence electrons. The molecule has 4 nitrogen and oxygen atoms in total. The van der Waals surface area contributed by atoms with Gasteiger partial charge in [-0.05, 0) is 36.8 Å². The lowest BCUT2D eigenvalue weighted by Crippen LogP contribution is -2.11. The van der Waals surface area contributed by atoms with Gasteiger partial charge in [0.2, 0.25) is 0 Å². The summed E-state index contributed by atoms with van der Waals surface area (Å²) < 4.78 is 19.4. The topological polar surface area (TPSA) is 51.2 Å². The van der Waals surface area contributed by atoms with Crippen molar-refractivity contribution in [3.8, 4) is 5.75 Å². The van der Waals surface area contributed by atoms with E-state index in [1.165, 1.54) is 29.5 Å². The number of carbonyl (C=O) groups is 1. The number of carbonyl (C=O) groups excluding carboxylic acids is 1. The number of hydrogen-bond donors (Lipinski definition) is 1. The molecule has 6 heteroatoms. The van der Waals surface area contributed by atoms with Gasteiger partial charge in [0.15, 0.2) is 5.13 Å². The van der Waals surface area contributed by atoms with Crippen LogP contribution in [0.4, 0.5) is 9.52 Å². The highest BCUT2D eigenvalue weighted by molar-refractivity contribution is 7.22. The first-order chi connectivity index (χ1) is 10.6. The van der Waals surface area contributed by atoms with Gasteiger partial charge in [-0.2, -0.15) is 0 Å². The smallest absolute Gasteiger partial charge is 0.257 e. The minimum absolute atomic E-state index is 0.253. The van der Waals surface area contributed by atoms with E-state index >= 15 is 0 Å². The summed E-state index contributed by atoms with van der Waals surface area (Å²) in [5.74, 6) is -0.187. The summed E-state index contributed by atoms with van der Waals surface area (Å²) in [4.78, 5) is 16.5. The Labute approximate surface area is 130 Å². The van der Waals surface area contributed by atoms with Crippen LogP contribution in [0.25, 0.3) is 10.2 Å². The number of thiazole rings is 1. The highest BCUT2D eigenvalue weighted by atomic mass is 32.1. The van der Waals surface area contributed by atoms with Gasteiger partial charge in [0.1, 0.15) is 17.1 Å². The zero-order valence-electron chi connectivity index (χ0n) is 12.0. The fraction of sp³-hybridized carbons (Fsp3) is 0.125. The number of nitrogens with one attached hydrogen (secondary N) is 1. The van der Waals surface area contributed by atoms with Gasteiger partial charge in [-0.3, -0.25) is 10.1 Å². The van der Waals surface area contributed by atoms with Crippen molar-refractivity contribution in [1.29, 1.82) is 0 Å². The Morgan fingerprint density at radius 2 is 2.14 bits per heavy atom. The summed E-state index contributed by atoms with van der Waals surface area (Å²) in [6.07, 6.45) is 0. The third kappa shape index (κ3) is 2.65. The molecule has 0 radical (unpaired) electrons. The molecule has 0 bridgehead atoms. The Kier molecular flexibility index (Phi) is 3.77. The molecule has 0 unspecified atom stereocenters. The van der Waals surface area contributed by atoms with Crippen LogP contribution in [0.3, 0.4) is 0 Å². The van der Waals surface area contributed by atoms with Crippen LogP contribution in [-0.2, 0) is 0 Å². The number of anilines is 1. The minimum atomic E-state index is -0.450. The molecule has 3 aromatic rings. The highest BCUT2D eigenvalue weighted by Crippen LogP contribution is 2.34. The maximum Gasteiger partial charge on any atom is 0.257 e. The zero-order chi connectivity index (χ0) is 15.7. The molecular weight excluding hydrogens is 303 g/mol. The van der Waals surface area contributed by atoms with Gasteiger partial charge < -0.3 is 4.74 Å². The van der Waals surface area contributed by atoms with E-state index in [-0.39, 0.29) is 5.56 Å². The molecule has 3 rings (SSSR count). The van der Waals surface area contributed by atoms with Gasteiger partial charge in [-0.1, -0.05) is 23.5 Å². The fourth-order valence-corrected chi connectivity index (χ4v) is 3.07. The zero-order valence-corrected chi connectivity index (χ0v) is 12.8. The van der Waals surface area contributed by atoms with Gasteiger partial charge >= 0.3 is 0 Å². The molecular formula is C16H13FN2O2S. The van der Waals surface area contributed by atoms with E-state index in [2.05, 4.69) is 10.3 Å². The molecule has 0 aliphatic carbocycles. The summed E-state index contributed by atoms with van der Waals surface area (Å²) in [5, 5.41) is 3.16. The molecule has 0 saturated heterocycles. The van der Waals surface area contributed by atoms with E-state index in [1.54, 1.807) is 13.2 Å². The lowest BCUT2D eigenvalue weighted by Gasteiger charge is -2.01. The molecule has 1 N–H and O–H groups in total. The molecule has 1 aromatic heterocycles. The normalized spacial score (nSPS) is 10.7. The number of methoxy groups -OCH3 is 1. The number of rotatable bonds is 3. The van der Waals surface area contributed by atoms with Crippen LogP contribution in [0, 0.1) is 12.7 Å². The van der Waals surface area contributed by atoms with E-state index in [9.17, 15) is 9.18 Å². The summed E-state index contributed by atoms with van der Waals surface area (Å²) in [5.41, 5.74) is 2.02. The van der Waals surface area contributed by atoms with Crippen molar-refractivity contribution < 1.29 is 13.9 Å². The lowest BCUT2D eigenvalue weighted by atomic mass is 10.2. The lowest BCUT2D eigenvalue weighted by molar-refractivity contribution is 0.102.